The number of nitrogens with zero attached hydrogens (tertiary/aromatic N) is 1. The van der Waals surface area contributed by atoms with Gasteiger partial charge in [0, 0.05) is 6.04 Å². The van der Waals surface area contributed by atoms with Crippen molar-refractivity contribution in [1.29, 1.82) is 0 Å². The molecule has 0 aliphatic carbocycles. The van der Waals surface area contributed by atoms with Gasteiger partial charge in [-0.05, 0) is 30.7 Å². The van der Waals surface area contributed by atoms with Gasteiger partial charge in [-0.25, -0.2) is 9.59 Å². The first kappa shape index (κ1) is 19.8. The standard InChI is InChI=1S/C19H26N2O5/c1-12(2)16(20-19(25)26-3)17(22)21-14(9-10-15(21)18(23)24)11-13-7-5-4-6-8-13/h4-8,12,14-16H,9-11H2,1-3H3,(H,20,25)(H,23,24)/t14?,15?,16-/m0/s1. The molecule has 1 aliphatic heterocycles. The van der Waals surface area contributed by atoms with Crippen LogP contribution in [0.3, 0.4) is 0 Å². The van der Waals surface area contributed by atoms with E-state index >= 15 is 0 Å². The molecule has 0 bridgehead atoms. The van der Waals surface area contributed by atoms with Crippen LogP contribution in [0.25, 0.3) is 0 Å². The van der Waals surface area contributed by atoms with Crippen molar-refractivity contribution in [2.45, 2.75) is 51.2 Å². The van der Waals surface area contributed by atoms with Crippen LogP contribution in [-0.2, 0) is 20.7 Å². The molecule has 0 saturated carbocycles. The number of rotatable bonds is 6. The number of methoxy groups -OCH3 is 1. The Hall–Kier alpha value is -2.57. The highest BCUT2D eigenvalue weighted by Crippen LogP contribution is 2.29. The number of ether oxygens (including phenoxy) is 1. The van der Waals surface area contributed by atoms with E-state index in [-0.39, 0.29) is 17.9 Å². The van der Waals surface area contributed by atoms with Gasteiger partial charge in [0.05, 0.1) is 7.11 Å². The Labute approximate surface area is 153 Å². The number of nitrogens with one attached hydrogen (secondary N) is 1. The maximum atomic E-state index is 13.1. The van der Waals surface area contributed by atoms with Crippen LogP contribution in [0.5, 0.6) is 0 Å². The number of aliphatic carboxylic acids is 1. The van der Waals surface area contributed by atoms with Crippen molar-refractivity contribution in [2.24, 2.45) is 5.92 Å². The zero-order chi connectivity index (χ0) is 19.3. The minimum atomic E-state index is -1.02. The van der Waals surface area contributed by atoms with Crippen molar-refractivity contribution in [3.05, 3.63) is 35.9 Å². The zero-order valence-electron chi connectivity index (χ0n) is 15.3. The Balaban J connectivity index is 2.26. The molecule has 2 rings (SSSR count). The summed E-state index contributed by atoms with van der Waals surface area (Å²) >= 11 is 0. The number of likely N-dealkylation sites (tertiary alicyclic amines) is 1. The Bertz CT molecular complexity index is 647. The van der Waals surface area contributed by atoms with Crippen molar-refractivity contribution in [1.82, 2.24) is 10.2 Å². The third kappa shape index (κ3) is 4.53. The van der Waals surface area contributed by atoms with E-state index in [4.69, 9.17) is 0 Å². The summed E-state index contributed by atoms with van der Waals surface area (Å²) in [7, 11) is 1.23. The molecule has 0 spiro atoms. The second-order valence-corrected chi connectivity index (χ2v) is 6.88. The molecule has 1 aliphatic rings. The molecule has 1 aromatic rings. The monoisotopic (exact) mass is 362 g/mol. The quantitative estimate of drug-likeness (QED) is 0.807. The second kappa shape index (κ2) is 8.69. The Morgan fingerprint density at radius 2 is 1.88 bits per heavy atom. The lowest BCUT2D eigenvalue weighted by atomic mass is 10.00. The Morgan fingerprint density at radius 1 is 1.23 bits per heavy atom. The van der Waals surface area contributed by atoms with Crippen molar-refractivity contribution in [3.63, 3.8) is 0 Å². The molecule has 1 fully saturated rings. The number of benzene rings is 1. The van der Waals surface area contributed by atoms with Gasteiger partial charge in [-0.3, -0.25) is 4.79 Å². The highest BCUT2D eigenvalue weighted by Gasteiger charge is 2.44. The number of carbonyl (C=O) groups excluding carboxylic acids is 2. The molecule has 2 amide bonds. The molecule has 2 N–H and O–H groups in total. The van der Waals surface area contributed by atoms with Crippen LogP contribution in [0.1, 0.15) is 32.3 Å². The molecular formula is C19H26N2O5. The molecule has 0 radical (unpaired) electrons. The fourth-order valence-corrected chi connectivity index (χ4v) is 3.41. The molecule has 7 heteroatoms. The predicted octanol–water partition coefficient (Wildman–Crippen LogP) is 2.05. The summed E-state index contributed by atoms with van der Waals surface area (Å²) in [6.45, 7) is 3.60. The number of hydrogen-bond donors (Lipinski definition) is 2. The third-order valence-corrected chi connectivity index (χ3v) is 4.75. The topological polar surface area (TPSA) is 95.9 Å². The smallest absolute Gasteiger partial charge is 0.407 e. The third-order valence-electron chi connectivity index (χ3n) is 4.75. The summed E-state index contributed by atoms with van der Waals surface area (Å²) in [6, 6.07) is 7.74. The van der Waals surface area contributed by atoms with Gasteiger partial charge in [-0.1, -0.05) is 44.2 Å². The van der Waals surface area contributed by atoms with Gasteiger partial charge in [0.25, 0.3) is 0 Å². The summed E-state index contributed by atoms with van der Waals surface area (Å²) in [5.74, 6) is -1.60. The lowest BCUT2D eigenvalue weighted by Crippen LogP contribution is -2.56. The minimum absolute atomic E-state index is 0.200. The van der Waals surface area contributed by atoms with E-state index in [0.29, 0.717) is 19.3 Å². The average molecular weight is 362 g/mol. The lowest BCUT2D eigenvalue weighted by Gasteiger charge is -2.33. The maximum Gasteiger partial charge on any atom is 0.407 e. The van der Waals surface area contributed by atoms with Gasteiger partial charge in [0.2, 0.25) is 5.91 Å². The van der Waals surface area contributed by atoms with E-state index in [1.165, 1.54) is 12.0 Å². The van der Waals surface area contributed by atoms with E-state index in [2.05, 4.69) is 10.1 Å². The van der Waals surface area contributed by atoms with Gasteiger partial charge >= 0.3 is 12.1 Å². The van der Waals surface area contributed by atoms with Crippen LogP contribution in [0.15, 0.2) is 30.3 Å². The van der Waals surface area contributed by atoms with E-state index in [9.17, 15) is 19.5 Å². The molecule has 26 heavy (non-hydrogen) atoms. The molecule has 3 atom stereocenters. The summed E-state index contributed by atoms with van der Waals surface area (Å²) in [6.07, 6.45) is 0.893. The predicted molar refractivity (Wildman–Crippen MR) is 95.6 cm³/mol. The summed E-state index contributed by atoms with van der Waals surface area (Å²) in [5, 5.41) is 12.1. The molecule has 142 valence electrons. The van der Waals surface area contributed by atoms with Crippen molar-refractivity contribution >= 4 is 18.0 Å². The molecule has 1 aromatic carbocycles. The molecule has 7 nitrogen and oxygen atoms in total. The maximum absolute atomic E-state index is 13.1. The number of carboxylic acid groups (broad SMARTS) is 1. The van der Waals surface area contributed by atoms with Gasteiger partial charge in [-0.15, -0.1) is 0 Å². The SMILES string of the molecule is COC(=O)N[C@H](C(=O)N1C(Cc2ccccc2)CCC1C(=O)O)C(C)C. The number of alkyl carbamates (subject to hydrolysis) is 1. The average Bonchev–Trinajstić information content (AvgIpc) is 3.03. The molecule has 0 aromatic heterocycles. The van der Waals surface area contributed by atoms with Gasteiger partial charge in [-0.2, -0.15) is 0 Å². The normalized spacial score (nSPS) is 20.7. The first-order valence-corrected chi connectivity index (χ1v) is 8.78. The van der Waals surface area contributed by atoms with Gasteiger partial charge in [0.15, 0.2) is 0 Å². The Morgan fingerprint density at radius 3 is 2.42 bits per heavy atom. The van der Waals surface area contributed by atoms with Gasteiger partial charge < -0.3 is 20.1 Å². The zero-order valence-corrected chi connectivity index (χ0v) is 15.3. The van der Waals surface area contributed by atoms with E-state index < -0.39 is 24.1 Å². The van der Waals surface area contributed by atoms with E-state index in [0.717, 1.165) is 5.56 Å². The van der Waals surface area contributed by atoms with Crippen LogP contribution >= 0.6 is 0 Å². The summed E-state index contributed by atoms with van der Waals surface area (Å²) < 4.78 is 4.60. The summed E-state index contributed by atoms with van der Waals surface area (Å²) in [4.78, 5) is 37.9. The highest BCUT2D eigenvalue weighted by atomic mass is 16.5. The second-order valence-electron chi connectivity index (χ2n) is 6.88. The molecular weight excluding hydrogens is 336 g/mol. The van der Waals surface area contributed by atoms with Crippen molar-refractivity contribution < 1.29 is 24.2 Å². The molecule has 1 heterocycles. The van der Waals surface area contributed by atoms with Crippen molar-refractivity contribution in [2.75, 3.05) is 7.11 Å². The van der Waals surface area contributed by atoms with Crippen LogP contribution in [0, 0.1) is 5.92 Å². The molecule has 1 saturated heterocycles. The fourth-order valence-electron chi connectivity index (χ4n) is 3.41. The number of amides is 2. The fraction of sp³-hybridized carbons (Fsp3) is 0.526. The Kier molecular flexibility index (Phi) is 6.60. The first-order valence-electron chi connectivity index (χ1n) is 8.78. The van der Waals surface area contributed by atoms with E-state index in [1.54, 1.807) is 13.8 Å². The van der Waals surface area contributed by atoms with Crippen LogP contribution in [-0.4, -0.2) is 53.2 Å². The highest BCUT2D eigenvalue weighted by molar-refractivity contribution is 5.90. The minimum Gasteiger partial charge on any atom is -0.480 e. The van der Waals surface area contributed by atoms with Crippen LogP contribution in [0.4, 0.5) is 4.79 Å². The first-order chi connectivity index (χ1) is 12.3. The number of carboxylic acids is 1. The van der Waals surface area contributed by atoms with E-state index in [1.807, 2.05) is 30.3 Å². The van der Waals surface area contributed by atoms with Gasteiger partial charge in [0.1, 0.15) is 12.1 Å². The number of hydrogen-bond acceptors (Lipinski definition) is 4. The largest absolute Gasteiger partial charge is 0.480 e. The van der Waals surface area contributed by atoms with Crippen LogP contribution < -0.4 is 5.32 Å². The summed E-state index contributed by atoms with van der Waals surface area (Å²) in [5.41, 5.74) is 1.04. The molecule has 2 unspecified atom stereocenters. The van der Waals surface area contributed by atoms with Crippen LogP contribution in [0.2, 0.25) is 0 Å². The lowest BCUT2D eigenvalue weighted by molar-refractivity contribution is -0.151. The van der Waals surface area contributed by atoms with Crippen molar-refractivity contribution in [3.8, 4) is 0 Å². The number of carbonyl (C=O) groups is 3.